The van der Waals surface area contributed by atoms with Crippen LogP contribution in [-0.4, -0.2) is 5.11 Å². The van der Waals surface area contributed by atoms with Gasteiger partial charge in [0.05, 0.1) is 0 Å². The molecule has 0 saturated heterocycles. The Balaban J connectivity index is 2.58. The highest BCUT2D eigenvalue weighted by Crippen LogP contribution is 2.38. The number of phenols is 1. The van der Waals surface area contributed by atoms with Crippen LogP contribution in [0, 0.1) is 0 Å². The van der Waals surface area contributed by atoms with Crippen molar-refractivity contribution in [1.29, 1.82) is 0 Å². The first kappa shape index (κ1) is 16.6. The zero-order valence-electron chi connectivity index (χ0n) is 14.4. The number of hydrogen-bond acceptors (Lipinski definition) is 1. The summed E-state index contributed by atoms with van der Waals surface area (Å²) in [4.78, 5) is 0. The zero-order chi connectivity index (χ0) is 16.3. The van der Waals surface area contributed by atoms with Crippen LogP contribution in [0.25, 0.3) is 0 Å². The molecular weight excluding hydrogens is 268 g/mol. The van der Waals surface area contributed by atoms with E-state index in [4.69, 9.17) is 0 Å². The summed E-state index contributed by atoms with van der Waals surface area (Å²) in [5.41, 5.74) is 4.80. The highest BCUT2D eigenvalue weighted by molar-refractivity contribution is 5.49. The van der Waals surface area contributed by atoms with Gasteiger partial charge >= 0.3 is 0 Å². The maximum absolute atomic E-state index is 10.6. The van der Waals surface area contributed by atoms with Crippen LogP contribution < -0.4 is 0 Å². The van der Waals surface area contributed by atoms with Crippen molar-refractivity contribution in [2.75, 3.05) is 0 Å². The average Bonchev–Trinajstić information content (AvgIpc) is 2.49. The van der Waals surface area contributed by atoms with Crippen molar-refractivity contribution in [3.05, 3.63) is 64.7 Å². The molecule has 0 aliphatic rings. The minimum atomic E-state index is 0.325. The minimum Gasteiger partial charge on any atom is -0.507 e. The monoisotopic (exact) mass is 296 g/mol. The van der Waals surface area contributed by atoms with E-state index in [-0.39, 0.29) is 0 Å². The molecule has 118 valence electrons. The molecular formula is C21H28O. The van der Waals surface area contributed by atoms with Gasteiger partial charge in [0.1, 0.15) is 5.75 Å². The fraction of sp³-hybridized carbons (Fsp3) is 0.429. The van der Waals surface area contributed by atoms with E-state index in [0.29, 0.717) is 23.5 Å². The number of benzene rings is 2. The van der Waals surface area contributed by atoms with Crippen LogP contribution in [0.15, 0.2) is 42.5 Å². The van der Waals surface area contributed by atoms with Gasteiger partial charge in [0.25, 0.3) is 0 Å². The van der Waals surface area contributed by atoms with Gasteiger partial charge < -0.3 is 5.11 Å². The predicted molar refractivity (Wildman–Crippen MR) is 94.9 cm³/mol. The van der Waals surface area contributed by atoms with Gasteiger partial charge in [0.2, 0.25) is 0 Å². The fourth-order valence-corrected chi connectivity index (χ4v) is 3.13. The number of phenolic OH excluding ortho intramolecular Hbond substituents is 1. The Bertz CT molecular complexity index is 582. The smallest absolute Gasteiger partial charge is 0.122 e. The lowest BCUT2D eigenvalue weighted by atomic mass is 9.83. The first-order valence-electron chi connectivity index (χ1n) is 8.37. The van der Waals surface area contributed by atoms with Gasteiger partial charge in [-0.15, -0.1) is 0 Å². The summed E-state index contributed by atoms with van der Waals surface area (Å²) in [6, 6.07) is 15.1. The number of rotatable bonds is 5. The second-order valence-corrected chi connectivity index (χ2v) is 6.73. The molecule has 22 heavy (non-hydrogen) atoms. The third-order valence-corrected chi connectivity index (χ3v) is 4.45. The molecule has 0 spiro atoms. The van der Waals surface area contributed by atoms with Crippen molar-refractivity contribution in [3.8, 4) is 5.75 Å². The van der Waals surface area contributed by atoms with Crippen LogP contribution >= 0.6 is 0 Å². The van der Waals surface area contributed by atoms with Crippen molar-refractivity contribution in [2.45, 2.75) is 58.8 Å². The maximum Gasteiger partial charge on any atom is 0.122 e. The van der Waals surface area contributed by atoms with Gasteiger partial charge in [-0.25, -0.2) is 0 Å². The van der Waals surface area contributed by atoms with Crippen molar-refractivity contribution in [1.82, 2.24) is 0 Å². The Morgan fingerprint density at radius 1 is 0.818 bits per heavy atom. The molecule has 0 aliphatic heterocycles. The molecule has 0 heterocycles. The number of aromatic hydroxyl groups is 1. The molecule has 0 bridgehead atoms. The first-order valence-corrected chi connectivity index (χ1v) is 8.37. The van der Waals surface area contributed by atoms with E-state index < -0.39 is 0 Å². The van der Waals surface area contributed by atoms with Gasteiger partial charge in [-0.1, -0.05) is 77.1 Å². The molecule has 1 N–H and O–H groups in total. The molecule has 1 unspecified atom stereocenters. The largest absolute Gasteiger partial charge is 0.507 e. The van der Waals surface area contributed by atoms with Gasteiger partial charge in [-0.05, 0) is 40.5 Å². The van der Waals surface area contributed by atoms with Gasteiger partial charge in [-0.3, -0.25) is 0 Å². The molecule has 2 rings (SSSR count). The molecule has 0 radical (unpaired) electrons. The Labute approximate surface area is 135 Å². The highest BCUT2D eigenvalue weighted by atomic mass is 16.3. The third-order valence-electron chi connectivity index (χ3n) is 4.45. The van der Waals surface area contributed by atoms with E-state index in [1.807, 2.05) is 0 Å². The van der Waals surface area contributed by atoms with Crippen LogP contribution in [0.2, 0.25) is 0 Å². The average molecular weight is 296 g/mol. The summed E-state index contributed by atoms with van der Waals surface area (Å²) in [5.74, 6) is 1.52. The zero-order valence-corrected chi connectivity index (χ0v) is 14.4. The minimum absolute atomic E-state index is 0.325. The quantitative estimate of drug-likeness (QED) is 0.698. The summed E-state index contributed by atoms with van der Waals surface area (Å²) in [5, 5.41) is 10.6. The van der Waals surface area contributed by atoms with Crippen LogP contribution in [0.1, 0.15) is 81.0 Å². The Morgan fingerprint density at radius 2 is 1.32 bits per heavy atom. The fourth-order valence-electron chi connectivity index (χ4n) is 3.13. The second-order valence-electron chi connectivity index (χ2n) is 6.73. The van der Waals surface area contributed by atoms with Crippen molar-refractivity contribution >= 4 is 0 Å². The Morgan fingerprint density at radius 3 is 1.73 bits per heavy atom. The van der Waals surface area contributed by atoms with Crippen molar-refractivity contribution in [2.24, 2.45) is 0 Å². The van der Waals surface area contributed by atoms with Crippen LogP contribution in [0.4, 0.5) is 0 Å². The molecule has 0 aliphatic carbocycles. The number of hydrogen-bond donors (Lipinski definition) is 1. The van der Waals surface area contributed by atoms with Gasteiger partial charge in [0, 0.05) is 5.92 Å². The van der Waals surface area contributed by atoms with Crippen molar-refractivity contribution in [3.63, 3.8) is 0 Å². The lowest BCUT2D eigenvalue weighted by Gasteiger charge is -2.22. The van der Waals surface area contributed by atoms with E-state index in [9.17, 15) is 5.11 Å². The molecule has 1 heteroatoms. The summed E-state index contributed by atoms with van der Waals surface area (Å²) in [7, 11) is 0. The van der Waals surface area contributed by atoms with Gasteiger partial charge in [0.15, 0.2) is 0 Å². The summed E-state index contributed by atoms with van der Waals surface area (Å²) < 4.78 is 0. The Hall–Kier alpha value is -1.76. The highest BCUT2D eigenvalue weighted by Gasteiger charge is 2.19. The molecule has 0 aromatic heterocycles. The predicted octanol–water partition coefficient (Wildman–Crippen LogP) is 6.18. The summed E-state index contributed by atoms with van der Waals surface area (Å²) in [6.45, 7) is 10.8. The SMILES string of the molecule is CCC(c1ccccc1)c1cc(C(C)C)c(O)c(C(C)C)c1. The molecule has 1 atom stereocenters. The van der Waals surface area contributed by atoms with E-state index in [2.05, 4.69) is 77.1 Å². The second kappa shape index (κ2) is 7.00. The molecule has 0 saturated carbocycles. The van der Waals surface area contributed by atoms with Crippen LogP contribution in [-0.2, 0) is 0 Å². The summed E-state index contributed by atoms with van der Waals surface area (Å²) in [6.07, 6.45) is 1.06. The van der Waals surface area contributed by atoms with Crippen LogP contribution in [0.3, 0.4) is 0 Å². The van der Waals surface area contributed by atoms with E-state index in [0.717, 1.165) is 17.5 Å². The lowest BCUT2D eigenvalue weighted by molar-refractivity contribution is 0.454. The van der Waals surface area contributed by atoms with E-state index in [1.165, 1.54) is 11.1 Å². The Kier molecular flexibility index (Phi) is 5.28. The normalized spacial score (nSPS) is 12.9. The van der Waals surface area contributed by atoms with Crippen LogP contribution in [0.5, 0.6) is 5.75 Å². The van der Waals surface area contributed by atoms with E-state index in [1.54, 1.807) is 0 Å². The third kappa shape index (κ3) is 3.35. The topological polar surface area (TPSA) is 20.2 Å². The lowest BCUT2D eigenvalue weighted by Crippen LogP contribution is -2.04. The van der Waals surface area contributed by atoms with Crippen molar-refractivity contribution < 1.29 is 5.11 Å². The molecule has 0 fully saturated rings. The first-order chi connectivity index (χ1) is 10.5. The molecule has 2 aromatic rings. The van der Waals surface area contributed by atoms with E-state index >= 15 is 0 Å². The maximum atomic E-state index is 10.6. The standard InChI is InChI=1S/C21H28O/c1-6-18(16-10-8-7-9-11-16)17-12-19(14(2)3)21(22)20(13-17)15(4)5/h7-15,18,22H,6H2,1-5H3. The van der Waals surface area contributed by atoms with Gasteiger partial charge in [-0.2, -0.15) is 0 Å². The molecule has 0 amide bonds. The molecule has 1 nitrogen and oxygen atoms in total. The molecule has 2 aromatic carbocycles. The summed E-state index contributed by atoms with van der Waals surface area (Å²) >= 11 is 0.